The van der Waals surface area contributed by atoms with Gasteiger partial charge >= 0.3 is 0 Å². The predicted molar refractivity (Wildman–Crippen MR) is 63.7 cm³/mol. The smallest absolute Gasteiger partial charge is 0.178 e. The van der Waals surface area contributed by atoms with Crippen molar-refractivity contribution in [3.63, 3.8) is 0 Å². The standard InChI is InChI=1S/C10H10ClIO/c1-6-3-8(10(13)5-11)9(12)4-7(6)2/h3-4H,5H2,1-2H3. The van der Waals surface area contributed by atoms with Crippen LogP contribution in [0.4, 0.5) is 0 Å². The number of benzene rings is 1. The molecule has 1 aromatic rings. The minimum Gasteiger partial charge on any atom is -0.293 e. The summed E-state index contributed by atoms with van der Waals surface area (Å²) in [4.78, 5) is 11.4. The lowest BCUT2D eigenvalue weighted by Gasteiger charge is -2.05. The number of ketones is 1. The van der Waals surface area contributed by atoms with Gasteiger partial charge in [-0.05, 0) is 59.7 Å². The van der Waals surface area contributed by atoms with Crippen LogP contribution in [0.3, 0.4) is 0 Å². The average Bonchev–Trinajstić information content (AvgIpc) is 2.10. The molecule has 1 rings (SSSR count). The first kappa shape index (κ1) is 11.0. The number of carbonyl (C=O) groups is 1. The number of hydrogen-bond acceptors (Lipinski definition) is 1. The summed E-state index contributed by atoms with van der Waals surface area (Å²) in [6.45, 7) is 4.03. The van der Waals surface area contributed by atoms with Crippen molar-refractivity contribution in [1.82, 2.24) is 0 Å². The van der Waals surface area contributed by atoms with Crippen molar-refractivity contribution >= 4 is 40.0 Å². The highest BCUT2D eigenvalue weighted by atomic mass is 127. The number of Topliss-reactive ketones (excluding diaryl/α,β-unsaturated/α-hetero) is 1. The molecule has 0 fully saturated rings. The third-order valence-corrected chi connectivity index (χ3v) is 3.14. The van der Waals surface area contributed by atoms with Gasteiger partial charge in [-0.1, -0.05) is 0 Å². The number of hydrogen-bond donors (Lipinski definition) is 0. The van der Waals surface area contributed by atoms with Crippen LogP contribution in [0.2, 0.25) is 0 Å². The van der Waals surface area contributed by atoms with Gasteiger partial charge < -0.3 is 0 Å². The molecule has 0 aliphatic heterocycles. The highest BCUT2D eigenvalue weighted by Gasteiger charge is 2.09. The van der Waals surface area contributed by atoms with Crippen LogP contribution in [0, 0.1) is 17.4 Å². The Morgan fingerprint density at radius 3 is 2.46 bits per heavy atom. The molecule has 70 valence electrons. The maximum absolute atomic E-state index is 11.4. The first-order valence-corrected chi connectivity index (χ1v) is 5.53. The largest absolute Gasteiger partial charge is 0.293 e. The van der Waals surface area contributed by atoms with Gasteiger partial charge in [0.05, 0.1) is 5.88 Å². The van der Waals surface area contributed by atoms with Gasteiger partial charge in [0.15, 0.2) is 5.78 Å². The van der Waals surface area contributed by atoms with Gasteiger partial charge in [-0.15, -0.1) is 11.6 Å². The molecule has 3 heteroatoms. The molecule has 0 heterocycles. The van der Waals surface area contributed by atoms with Gasteiger partial charge in [-0.2, -0.15) is 0 Å². The molecule has 1 aromatic carbocycles. The second kappa shape index (κ2) is 4.42. The number of carbonyl (C=O) groups excluding carboxylic acids is 1. The third kappa shape index (κ3) is 2.44. The minimum absolute atomic E-state index is 0.00540. The second-order valence-electron chi connectivity index (χ2n) is 2.97. The molecule has 0 aliphatic rings. The Morgan fingerprint density at radius 2 is 1.92 bits per heavy atom. The summed E-state index contributed by atoms with van der Waals surface area (Å²) in [5.41, 5.74) is 3.07. The maximum atomic E-state index is 11.4. The highest BCUT2D eigenvalue weighted by molar-refractivity contribution is 14.1. The Hall–Kier alpha value is -0.0900. The third-order valence-electron chi connectivity index (χ3n) is 2.01. The average molecular weight is 309 g/mol. The highest BCUT2D eigenvalue weighted by Crippen LogP contribution is 2.18. The van der Waals surface area contributed by atoms with E-state index in [0.717, 1.165) is 14.7 Å². The summed E-state index contributed by atoms with van der Waals surface area (Å²) in [5, 5.41) is 0. The summed E-state index contributed by atoms with van der Waals surface area (Å²) < 4.78 is 0.978. The van der Waals surface area contributed by atoms with Crippen LogP contribution in [-0.2, 0) is 0 Å². The zero-order valence-electron chi connectivity index (χ0n) is 7.53. The molecule has 0 radical (unpaired) electrons. The fraction of sp³-hybridized carbons (Fsp3) is 0.300. The minimum atomic E-state index is -0.00540. The van der Waals surface area contributed by atoms with Crippen LogP contribution in [0.25, 0.3) is 0 Å². The zero-order chi connectivity index (χ0) is 10.0. The summed E-state index contributed by atoms with van der Waals surface area (Å²) in [5.74, 6) is 0.0487. The van der Waals surface area contributed by atoms with Crippen LogP contribution in [0.1, 0.15) is 21.5 Å². The van der Waals surface area contributed by atoms with Crippen molar-refractivity contribution in [3.05, 3.63) is 32.4 Å². The van der Waals surface area contributed by atoms with E-state index in [1.165, 1.54) is 5.56 Å². The van der Waals surface area contributed by atoms with Gasteiger partial charge in [0, 0.05) is 9.13 Å². The van der Waals surface area contributed by atoms with E-state index in [1.807, 2.05) is 26.0 Å². The van der Waals surface area contributed by atoms with Crippen molar-refractivity contribution in [1.29, 1.82) is 0 Å². The van der Waals surface area contributed by atoms with Gasteiger partial charge in [0.2, 0.25) is 0 Å². The van der Waals surface area contributed by atoms with E-state index in [9.17, 15) is 4.79 Å². The summed E-state index contributed by atoms with van der Waals surface area (Å²) in [6, 6.07) is 3.91. The van der Waals surface area contributed by atoms with E-state index in [2.05, 4.69) is 22.6 Å². The van der Waals surface area contributed by atoms with Crippen molar-refractivity contribution in [2.24, 2.45) is 0 Å². The summed E-state index contributed by atoms with van der Waals surface area (Å²) >= 11 is 7.66. The summed E-state index contributed by atoms with van der Waals surface area (Å²) in [7, 11) is 0. The topological polar surface area (TPSA) is 17.1 Å². The van der Waals surface area contributed by atoms with Gasteiger partial charge in [-0.25, -0.2) is 0 Å². The van der Waals surface area contributed by atoms with E-state index in [0.29, 0.717) is 0 Å². The molecule has 0 aliphatic carbocycles. The van der Waals surface area contributed by atoms with Gasteiger partial charge in [-0.3, -0.25) is 4.79 Å². The molecule has 13 heavy (non-hydrogen) atoms. The number of halogens is 2. The number of rotatable bonds is 2. The van der Waals surface area contributed by atoms with Crippen LogP contribution in [-0.4, -0.2) is 11.7 Å². The Labute approximate surface area is 96.6 Å². The van der Waals surface area contributed by atoms with E-state index in [-0.39, 0.29) is 11.7 Å². The molecule has 0 N–H and O–H groups in total. The Bertz CT molecular complexity index is 347. The van der Waals surface area contributed by atoms with Crippen LogP contribution in [0.5, 0.6) is 0 Å². The molecule has 0 unspecified atom stereocenters. The lowest BCUT2D eigenvalue weighted by molar-refractivity contribution is 0.102. The lowest BCUT2D eigenvalue weighted by Crippen LogP contribution is -2.04. The first-order chi connectivity index (χ1) is 6.06. The fourth-order valence-corrected chi connectivity index (χ4v) is 2.13. The molecular weight excluding hydrogens is 298 g/mol. The fourth-order valence-electron chi connectivity index (χ4n) is 1.07. The normalized spacial score (nSPS) is 10.2. The molecule has 0 saturated carbocycles. The maximum Gasteiger partial charge on any atom is 0.178 e. The van der Waals surface area contributed by atoms with E-state index >= 15 is 0 Å². The number of aryl methyl sites for hydroxylation is 2. The molecule has 0 aromatic heterocycles. The monoisotopic (exact) mass is 308 g/mol. The van der Waals surface area contributed by atoms with Crippen molar-refractivity contribution < 1.29 is 4.79 Å². The molecule has 0 spiro atoms. The molecular formula is C10H10ClIO. The van der Waals surface area contributed by atoms with E-state index in [4.69, 9.17) is 11.6 Å². The van der Waals surface area contributed by atoms with Gasteiger partial charge in [0.25, 0.3) is 0 Å². The van der Waals surface area contributed by atoms with Crippen molar-refractivity contribution in [3.8, 4) is 0 Å². The SMILES string of the molecule is Cc1cc(I)c(C(=O)CCl)cc1C. The van der Waals surface area contributed by atoms with E-state index in [1.54, 1.807) is 0 Å². The van der Waals surface area contributed by atoms with Crippen LogP contribution in [0.15, 0.2) is 12.1 Å². The lowest BCUT2D eigenvalue weighted by atomic mass is 10.0. The molecule has 0 atom stereocenters. The zero-order valence-corrected chi connectivity index (χ0v) is 10.4. The van der Waals surface area contributed by atoms with Crippen LogP contribution < -0.4 is 0 Å². The Balaban J connectivity index is 3.23. The second-order valence-corrected chi connectivity index (χ2v) is 4.40. The van der Waals surface area contributed by atoms with Crippen molar-refractivity contribution in [2.45, 2.75) is 13.8 Å². The molecule has 0 bridgehead atoms. The van der Waals surface area contributed by atoms with Crippen molar-refractivity contribution in [2.75, 3.05) is 5.88 Å². The van der Waals surface area contributed by atoms with E-state index < -0.39 is 0 Å². The Morgan fingerprint density at radius 1 is 1.38 bits per heavy atom. The predicted octanol–water partition coefficient (Wildman–Crippen LogP) is 3.33. The molecule has 1 nitrogen and oxygen atoms in total. The Kier molecular flexibility index (Phi) is 3.74. The van der Waals surface area contributed by atoms with Crippen LogP contribution >= 0.6 is 34.2 Å². The summed E-state index contributed by atoms with van der Waals surface area (Å²) in [6.07, 6.45) is 0. The quantitative estimate of drug-likeness (QED) is 0.465. The van der Waals surface area contributed by atoms with Gasteiger partial charge in [0.1, 0.15) is 0 Å². The molecule has 0 amide bonds. The number of alkyl halides is 1. The first-order valence-electron chi connectivity index (χ1n) is 3.92. The molecule has 0 saturated heterocycles.